The molecule has 21 heavy (non-hydrogen) atoms. The molecule has 1 aromatic rings. The zero-order chi connectivity index (χ0) is 14.7. The molecule has 3 rings (SSSR count). The molecular weight excluding hydrogens is 284 g/mol. The van der Waals surface area contributed by atoms with Crippen molar-refractivity contribution in [1.82, 2.24) is 5.32 Å². The van der Waals surface area contributed by atoms with Crippen LogP contribution < -0.4 is 10.2 Å². The lowest BCUT2D eigenvalue weighted by atomic mass is 10.1. The lowest BCUT2D eigenvalue weighted by Gasteiger charge is -2.40. The maximum Gasteiger partial charge on any atom is 0.0779 e. The number of anilines is 1. The molecule has 3 nitrogen and oxygen atoms in total. The van der Waals surface area contributed by atoms with Gasteiger partial charge in [-0.25, -0.2) is 0 Å². The number of hydrogen-bond donors (Lipinski definition) is 1. The second kappa shape index (κ2) is 6.99. The molecule has 116 valence electrons. The van der Waals surface area contributed by atoms with Gasteiger partial charge in [-0.2, -0.15) is 0 Å². The molecule has 1 aliphatic carbocycles. The minimum Gasteiger partial charge on any atom is -0.374 e. The molecule has 2 unspecified atom stereocenters. The zero-order valence-corrected chi connectivity index (χ0v) is 13.5. The zero-order valence-electron chi connectivity index (χ0n) is 12.8. The van der Waals surface area contributed by atoms with Crippen LogP contribution in [-0.2, 0) is 11.3 Å². The van der Waals surface area contributed by atoms with E-state index >= 15 is 0 Å². The fraction of sp³-hybridized carbons (Fsp3) is 0.647. The van der Waals surface area contributed by atoms with Gasteiger partial charge in [0.1, 0.15) is 0 Å². The molecule has 2 fully saturated rings. The van der Waals surface area contributed by atoms with Crippen molar-refractivity contribution in [3.63, 3.8) is 0 Å². The molecule has 1 aromatic carbocycles. The highest BCUT2D eigenvalue weighted by Gasteiger charge is 2.36. The number of fused-ring (bicyclic) bond motifs is 1. The molecule has 1 heterocycles. The first-order valence-corrected chi connectivity index (χ1v) is 8.54. The van der Waals surface area contributed by atoms with E-state index in [-0.39, 0.29) is 0 Å². The van der Waals surface area contributed by atoms with Gasteiger partial charge in [0.2, 0.25) is 0 Å². The molecule has 1 aliphatic heterocycles. The van der Waals surface area contributed by atoms with E-state index in [0.717, 1.165) is 37.7 Å². The third-order valence-corrected chi connectivity index (χ3v) is 4.82. The number of morpholine rings is 1. The van der Waals surface area contributed by atoms with Gasteiger partial charge >= 0.3 is 0 Å². The first-order valence-electron chi connectivity index (χ1n) is 8.17. The average Bonchev–Trinajstić information content (AvgIpc) is 2.97. The van der Waals surface area contributed by atoms with Crippen molar-refractivity contribution in [2.24, 2.45) is 0 Å². The average molecular weight is 309 g/mol. The summed E-state index contributed by atoms with van der Waals surface area (Å²) >= 11 is 6.26. The number of nitrogens with one attached hydrogen (secondary N) is 1. The van der Waals surface area contributed by atoms with E-state index < -0.39 is 0 Å². The van der Waals surface area contributed by atoms with Gasteiger partial charge < -0.3 is 15.0 Å². The van der Waals surface area contributed by atoms with Gasteiger partial charge in [0, 0.05) is 23.8 Å². The van der Waals surface area contributed by atoms with Crippen LogP contribution in [0.25, 0.3) is 0 Å². The van der Waals surface area contributed by atoms with E-state index in [2.05, 4.69) is 29.3 Å². The summed E-state index contributed by atoms with van der Waals surface area (Å²) < 4.78 is 5.93. The number of rotatable bonds is 5. The normalized spacial score (nSPS) is 25.1. The first kappa shape index (κ1) is 15.1. The Morgan fingerprint density at radius 1 is 1.38 bits per heavy atom. The molecule has 0 radical (unpaired) electrons. The van der Waals surface area contributed by atoms with E-state index in [0.29, 0.717) is 12.1 Å². The summed E-state index contributed by atoms with van der Waals surface area (Å²) in [4.78, 5) is 2.54. The molecule has 0 aromatic heterocycles. The Morgan fingerprint density at radius 3 is 3.14 bits per heavy atom. The minimum absolute atomic E-state index is 0.411. The largest absolute Gasteiger partial charge is 0.374 e. The molecule has 1 N–H and O–H groups in total. The van der Waals surface area contributed by atoms with Crippen molar-refractivity contribution < 1.29 is 4.74 Å². The molecule has 0 bridgehead atoms. The molecule has 1 saturated heterocycles. The Balaban J connectivity index is 1.83. The van der Waals surface area contributed by atoms with E-state index in [9.17, 15) is 0 Å². The number of nitrogens with zero attached hydrogens (tertiary/aromatic N) is 1. The Morgan fingerprint density at radius 2 is 2.29 bits per heavy atom. The van der Waals surface area contributed by atoms with Gasteiger partial charge in [0.05, 0.1) is 18.8 Å². The van der Waals surface area contributed by atoms with Crippen LogP contribution in [0.15, 0.2) is 18.2 Å². The highest BCUT2D eigenvalue weighted by Crippen LogP contribution is 2.35. The topological polar surface area (TPSA) is 24.5 Å². The van der Waals surface area contributed by atoms with Crippen LogP contribution in [0.4, 0.5) is 5.69 Å². The Hall–Kier alpha value is -0.770. The standard InChI is InChI=1S/C17H25ClN2O/c1-2-8-19-12-13-6-7-14(18)11-16(13)20-9-10-21-17-5-3-4-15(17)20/h6-7,11,15,17,19H,2-5,8-10,12H2,1H3. The number of benzene rings is 1. The van der Waals surface area contributed by atoms with Crippen molar-refractivity contribution in [2.75, 3.05) is 24.6 Å². The predicted molar refractivity (Wildman–Crippen MR) is 88.2 cm³/mol. The van der Waals surface area contributed by atoms with Gasteiger partial charge in [-0.3, -0.25) is 0 Å². The van der Waals surface area contributed by atoms with Crippen LogP contribution in [0.2, 0.25) is 5.02 Å². The second-order valence-electron chi connectivity index (χ2n) is 6.05. The lowest BCUT2D eigenvalue weighted by Crippen LogP contribution is -2.49. The van der Waals surface area contributed by atoms with E-state index in [1.54, 1.807) is 0 Å². The van der Waals surface area contributed by atoms with Gasteiger partial charge in [-0.15, -0.1) is 0 Å². The summed E-state index contributed by atoms with van der Waals surface area (Å²) in [5, 5.41) is 4.33. The van der Waals surface area contributed by atoms with Crippen molar-refractivity contribution in [1.29, 1.82) is 0 Å². The van der Waals surface area contributed by atoms with E-state index in [4.69, 9.17) is 16.3 Å². The fourth-order valence-electron chi connectivity index (χ4n) is 3.58. The molecule has 0 amide bonds. The first-order chi connectivity index (χ1) is 10.3. The van der Waals surface area contributed by atoms with E-state index in [1.165, 1.54) is 30.5 Å². The fourth-order valence-corrected chi connectivity index (χ4v) is 3.74. The van der Waals surface area contributed by atoms with Crippen LogP contribution in [0.5, 0.6) is 0 Å². The Labute approximate surface area is 132 Å². The SMILES string of the molecule is CCCNCc1ccc(Cl)cc1N1CCOC2CCCC21. The van der Waals surface area contributed by atoms with Crippen molar-refractivity contribution >= 4 is 17.3 Å². The number of halogens is 1. The van der Waals surface area contributed by atoms with Crippen molar-refractivity contribution in [2.45, 2.75) is 51.3 Å². The molecule has 2 atom stereocenters. The highest BCUT2D eigenvalue weighted by molar-refractivity contribution is 6.30. The summed E-state index contributed by atoms with van der Waals surface area (Å²) in [6.45, 7) is 5.96. The quantitative estimate of drug-likeness (QED) is 0.841. The summed E-state index contributed by atoms with van der Waals surface area (Å²) in [6, 6.07) is 6.83. The van der Waals surface area contributed by atoms with Crippen LogP contribution in [-0.4, -0.2) is 31.8 Å². The second-order valence-corrected chi connectivity index (χ2v) is 6.49. The van der Waals surface area contributed by atoms with Crippen LogP contribution in [0, 0.1) is 0 Å². The third-order valence-electron chi connectivity index (χ3n) is 4.58. The highest BCUT2D eigenvalue weighted by atomic mass is 35.5. The summed E-state index contributed by atoms with van der Waals surface area (Å²) in [6.07, 6.45) is 5.28. The minimum atomic E-state index is 0.411. The maximum atomic E-state index is 6.26. The van der Waals surface area contributed by atoms with Crippen LogP contribution >= 0.6 is 11.6 Å². The predicted octanol–water partition coefficient (Wildman–Crippen LogP) is 3.60. The van der Waals surface area contributed by atoms with Gasteiger partial charge in [-0.05, 0) is 49.9 Å². The molecule has 1 saturated carbocycles. The van der Waals surface area contributed by atoms with Crippen molar-refractivity contribution in [3.05, 3.63) is 28.8 Å². The number of hydrogen-bond acceptors (Lipinski definition) is 3. The number of ether oxygens (including phenoxy) is 1. The van der Waals surface area contributed by atoms with Crippen LogP contribution in [0.1, 0.15) is 38.2 Å². The summed E-state index contributed by atoms with van der Waals surface area (Å²) in [5.41, 5.74) is 2.65. The summed E-state index contributed by atoms with van der Waals surface area (Å²) in [7, 11) is 0. The lowest BCUT2D eigenvalue weighted by molar-refractivity contribution is 0.0256. The monoisotopic (exact) mass is 308 g/mol. The van der Waals surface area contributed by atoms with Gasteiger partial charge in [-0.1, -0.05) is 24.6 Å². The van der Waals surface area contributed by atoms with Gasteiger partial charge in [0.25, 0.3) is 0 Å². The molecule has 4 heteroatoms. The summed E-state index contributed by atoms with van der Waals surface area (Å²) in [5.74, 6) is 0. The third kappa shape index (κ3) is 3.36. The molecular formula is C17H25ClN2O. The molecule has 0 spiro atoms. The van der Waals surface area contributed by atoms with Gasteiger partial charge in [0.15, 0.2) is 0 Å². The molecule has 2 aliphatic rings. The van der Waals surface area contributed by atoms with E-state index in [1.807, 2.05) is 6.07 Å². The Bertz CT molecular complexity index is 480. The van der Waals surface area contributed by atoms with Crippen LogP contribution in [0.3, 0.4) is 0 Å². The van der Waals surface area contributed by atoms with Crippen molar-refractivity contribution in [3.8, 4) is 0 Å². The maximum absolute atomic E-state index is 6.26. The Kier molecular flexibility index (Phi) is 5.04. The smallest absolute Gasteiger partial charge is 0.0779 e.